The van der Waals surface area contributed by atoms with Crippen LogP contribution in [0.2, 0.25) is 0 Å². The third kappa shape index (κ3) is 3.39. The molecule has 0 saturated heterocycles. The fourth-order valence-electron chi connectivity index (χ4n) is 2.18. The van der Waals surface area contributed by atoms with Crippen molar-refractivity contribution in [2.24, 2.45) is 5.92 Å². The number of carbonyl (C=O) groups excluding carboxylic acids is 1. The summed E-state index contributed by atoms with van der Waals surface area (Å²) in [5.74, 6) is 0.832. The average molecular weight is 267 g/mol. The maximum absolute atomic E-state index is 11.6. The predicted molar refractivity (Wildman–Crippen MR) is 78.2 cm³/mol. The van der Waals surface area contributed by atoms with E-state index in [2.05, 4.69) is 17.3 Å². The minimum Gasteiger partial charge on any atom is -0.394 e. The van der Waals surface area contributed by atoms with Crippen molar-refractivity contribution < 1.29 is 4.79 Å². The van der Waals surface area contributed by atoms with Gasteiger partial charge >= 0.3 is 0 Å². The number of amides is 1. The molecule has 6 heteroatoms. The second-order valence-corrected chi connectivity index (χ2v) is 4.94. The Morgan fingerprint density at radius 2 is 2.21 bits per heavy atom. The Balaban J connectivity index is 2.92. The SMILES string of the molecule is CCCn1nc(C)c(N)c1N(C)CC(C)C(=O)NC. The van der Waals surface area contributed by atoms with Crippen LogP contribution in [0.3, 0.4) is 0 Å². The van der Waals surface area contributed by atoms with Crippen molar-refractivity contribution in [2.45, 2.75) is 33.7 Å². The van der Waals surface area contributed by atoms with Crippen LogP contribution in [0, 0.1) is 12.8 Å². The molecule has 1 rings (SSSR count). The topological polar surface area (TPSA) is 76.2 Å². The molecule has 1 aromatic heterocycles. The van der Waals surface area contributed by atoms with Gasteiger partial charge < -0.3 is 16.0 Å². The van der Waals surface area contributed by atoms with Gasteiger partial charge in [0.25, 0.3) is 0 Å². The minimum atomic E-state index is -0.0975. The van der Waals surface area contributed by atoms with Gasteiger partial charge in [0.1, 0.15) is 5.82 Å². The van der Waals surface area contributed by atoms with Crippen molar-refractivity contribution in [3.8, 4) is 0 Å². The van der Waals surface area contributed by atoms with Gasteiger partial charge in [0.05, 0.1) is 17.3 Å². The van der Waals surface area contributed by atoms with E-state index in [-0.39, 0.29) is 11.8 Å². The molecule has 1 aromatic rings. The highest BCUT2D eigenvalue weighted by molar-refractivity contribution is 5.79. The van der Waals surface area contributed by atoms with Gasteiger partial charge in [0, 0.05) is 27.2 Å². The lowest BCUT2D eigenvalue weighted by Gasteiger charge is -2.24. The first-order chi connectivity index (χ1) is 8.92. The number of nitrogens with two attached hydrogens (primary N) is 1. The van der Waals surface area contributed by atoms with Crippen LogP contribution in [0.15, 0.2) is 0 Å². The molecule has 19 heavy (non-hydrogen) atoms. The van der Waals surface area contributed by atoms with Gasteiger partial charge in [0.15, 0.2) is 0 Å². The number of nitrogen functional groups attached to an aromatic ring is 1. The molecule has 0 fully saturated rings. The Morgan fingerprint density at radius 1 is 1.58 bits per heavy atom. The molecular weight excluding hydrogens is 242 g/mol. The van der Waals surface area contributed by atoms with E-state index in [1.807, 2.05) is 30.5 Å². The molecule has 0 radical (unpaired) electrons. The zero-order valence-electron chi connectivity index (χ0n) is 12.5. The van der Waals surface area contributed by atoms with E-state index in [9.17, 15) is 4.79 Å². The summed E-state index contributed by atoms with van der Waals surface area (Å²) in [6, 6.07) is 0. The maximum Gasteiger partial charge on any atom is 0.224 e. The Morgan fingerprint density at radius 3 is 2.74 bits per heavy atom. The van der Waals surface area contributed by atoms with Gasteiger partial charge in [-0.3, -0.25) is 4.79 Å². The Kier molecular flexibility index (Phi) is 5.20. The number of nitrogens with one attached hydrogen (secondary N) is 1. The number of nitrogens with zero attached hydrogens (tertiary/aromatic N) is 3. The van der Waals surface area contributed by atoms with E-state index in [4.69, 9.17) is 5.73 Å². The van der Waals surface area contributed by atoms with Gasteiger partial charge in [-0.1, -0.05) is 13.8 Å². The predicted octanol–water partition coefficient (Wildman–Crippen LogP) is 1.00. The standard InChI is InChI=1S/C13H25N5O/c1-6-7-18-13(11(14)10(3)16-18)17(5)8-9(2)12(19)15-4/h9H,6-8,14H2,1-5H3,(H,15,19). The van der Waals surface area contributed by atoms with Crippen molar-refractivity contribution in [2.75, 3.05) is 31.3 Å². The van der Waals surface area contributed by atoms with E-state index >= 15 is 0 Å². The first kappa shape index (κ1) is 15.3. The number of rotatable bonds is 6. The smallest absolute Gasteiger partial charge is 0.224 e. The van der Waals surface area contributed by atoms with E-state index in [0.29, 0.717) is 12.2 Å². The van der Waals surface area contributed by atoms with Crippen molar-refractivity contribution in [3.05, 3.63) is 5.69 Å². The minimum absolute atomic E-state index is 0.0312. The monoisotopic (exact) mass is 267 g/mol. The van der Waals surface area contributed by atoms with Crippen molar-refractivity contribution in [3.63, 3.8) is 0 Å². The van der Waals surface area contributed by atoms with Crippen LogP contribution in [0.5, 0.6) is 0 Å². The van der Waals surface area contributed by atoms with Crippen LogP contribution in [-0.2, 0) is 11.3 Å². The molecule has 1 unspecified atom stereocenters. The number of anilines is 2. The summed E-state index contributed by atoms with van der Waals surface area (Å²) in [4.78, 5) is 13.6. The van der Waals surface area contributed by atoms with Crippen molar-refractivity contribution in [1.82, 2.24) is 15.1 Å². The van der Waals surface area contributed by atoms with E-state index in [1.54, 1.807) is 7.05 Å². The zero-order chi connectivity index (χ0) is 14.6. The van der Waals surface area contributed by atoms with Crippen LogP contribution in [0.25, 0.3) is 0 Å². The molecule has 6 nitrogen and oxygen atoms in total. The number of hydrogen-bond donors (Lipinski definition) is 2. The molecule has 108 valence electrons. The summed E-state index contributed by atoms with van der Waals surface area (Å²) < 4.78 is 1.92. The fraction of sp³-hybridized carbons (Fsp3) is 0.692. The third-order valence-electron chi connectivity index (χ3n) is 3.18. The molecular formula is C13H25N5O. The molecule has 0 saturated carbocycles. The molecule has 3 N–H and O–H groups in total. The van der Waals surface area contributed by atoms with Gasteiger partial charge in [0.2, 0.25) is 5.91 Å². The zero-order valence-corrected chi connectivity index (χ0v) is 12.5. The summed E-state index contributed by atoms with van der Waals surface area (Å²) in [7, 11) is 3.59. The van der Waals surface area contributed by atoms with Gasteiger partial charge in [-0.25, -0.2) is 4.68 Å². The first-order valence-corrected chi connectivity index (χ1v) is 6.67. The molecule has 0 bridgehead atoms. The van der Waals surface area contributed by atoms with Crippen LogP contribution in [0.4, 0.5) is 11.5 Å². The quantitative estimate of drug-likeness (QED) is 0.806. The molecule has 0 aliphatic rings. The molecule has 0 aliphatic heterocycles. The van der Waals surface area contributed by atoms with Gasteiger partial charge in [-0.05, 0) is 13.3 Å². The van der Waals surface area contributed by atoms with E-state index in [0.717, 1.165) is 24.5 Å². The second-order valence-electron chi connectivity index (χ2n) is 4.94. The highest BCUT2D eigenvalue weighted by Gasteiger charge is 2.20. The molecule has 0 aromatic carbocycles. The van der Waals surface area contributed by atoms with Crippen molar-refractivity contribution >= 4 is 17.4 Å². The lowest BCUT2D eigenvalue weighted by Crippen LogP contribution is -2.35. The lowest BCUT2D eigenvalue weighted by molar-refractivity contribution is -0.123. The lowest BCUT2D eigenvalue weighted by atomic mass is 10.1. The van der Waals surface area contributed by atoms with Crippen LogP contribution in [-0.4, -0.2) is 36.3 Å². The average Bonchev–Trinajstić information content (AvgIpc) is 2.64. The molecule has 1 heterocycles. The maximum atomic E-state index is 11.6. The Labute approximate surface area is 114 Å². The van der Waals surface area contributed by atoms with E-state index in [1.165, 1.54) is 0 Å². The molecule has 1 amide bonds. The first-order valence-electron chi connectivity index (χ1n) is 6.67. The summed E-state index contributed by atoms with van der Waals surface area (Å²) in [5, 5.41) is 7.10. The Bertz CT molecular complexity index is 440. The second kappa shape index (κ2) is 6.45. The summed E-state index contributed by atoms with van der Waals surface area (Å²) in [5.41, 5.74) is 7.62. The van der Waals surface area contributed by atoms with Gasteiger partial charge in [-0.15, -0.1) is 0 Å². The molecule has 0 spiro atoms. The normalized spacial score (nSPS) is 12.3. The summed E-state index contributed by atoms with van der Waals surface area (Å²) in [6.07, 6.45) is 0.992. The largest absolute Gasteiger partial charge is 0.394 e. The highest BCUT2D eigenvalue weighted by atomic mass is 16.1. The number of carbonyl (C=O) groups is 1. The van der Waals surface area contributed by atoms with Gasteiger partial charge in [-0.2, -0.15) is 5.10 Å². The fourth-order valence-corrected chi connectivity index (χ4v) is 2.18. The third-order valence-corrected chi connectivity index (χ3v) is 3.18. The molecule has 1 atom stereocenters. The van der Waals surface area contributed by atoms with Crippen LogP contribution < -0.4 is 16.0 Å². The highest BCUT2D eigenvalue weighted by Crippen LogP contribution is 2.26. The summed E-state index contributed by atoms with van der Waals surface area (Å²) in [6.45, 7) is 7.34. The number of aryl methyl sites for hydroxylation is 2. The summed E-state index contributed by atoms with van der Waals surface area (Å²) >= 11 is 0. The van der Waals surface area contributed by atoms with E-state index < -0.39 is 0 Å². The van der Waals surface area contributed by atoms with Crippen LogP contribution in [0.1, 0.15) is 26.0 Å². The molecule has 0 aliphatic carbocycles. The Hall–Kier alpha value is -1.72. The number of hydrogen-bond acceptors (Lipinski definition) is 4. The van der Waals surface area contributed by atoms with Crippen LogP contribution >= 0.6 is 0 Å². The number of aromatic nitrogens is 2. The van der Waals surface area contributed by atoms with Crippen molar-refractivity contribution in [1.29, 1.82) is 0 Å².